The maximum atomic E-state index is 12.2. The van der Waals surface area contributed by atoms with Crippen LogP contribution in [0.25, 0.3) is 0 Å². The Balaban J connectivity index is 1.99. The minimum atomic E-state index is -0.187. The van der Waals surface area contributed by atoms with E-state index in [2.05, 4.69) is 6.92 Å². The number of amides is 1. The molecule has 1 aliphatic rings. The van der Waals surface area contributed by atoms with Crippen molar-refractivity contribution in [2.45, 2.75) is 25.3 Å². The van der Waals surface area contributed by atoms with E-state index < -0.39 is 0 Å². The molecule has 1 aliphatic heterocycles. The highest BCUT2D eigenvalue weighted by atomic mass is 16.5. The van der Waals surface area contributed by atoms with E-state index in [0.29, 0.717) is 31.0 Å². The van der Waals surface area contributed by atoms with Gasteiger partial charge in [-0.1, -0.05) is 13.0 Å². The van der Waals surface area contributed by atoms with Gasteiger partial charge in [0, 0.05) is 13.1 Å². The van der Waals surface area contributed by atoms with Gasteiger partial charge in [0.25, 0.3) is 0 Å². The lowest BCUT2D eigenvalue weighted by molar-refractivity contribution is -0.137. The lowest BCUT2D eigenvalue weighted by Crippen LogP contribution is -2.68. The monoisotopic (exact) mass is 278 g/mol. The number of rotatable bonds is 5. The Hall–Kier alpha value is -1.75. The highest BCUT2D eigenvalue weighted by Gasteiger charge is 2.40. The zero-order valence-electron chi connectivity index (χ0n) is 12.3. The predicted molar refractivity (Wildman–Crippen MR) is 77.0 cm³/mol. The molecule has 0 radical (unpaired) electrons. The van der Waals surface area contributed by atoms with E-state index in [4.69, 9.17) is 15.2 Å². The van der Waals surface area contributed by atoms with E-state index in [1.165, 1.54) is 0 Å². The summed E-state index contributed by atoms with van der Waals surface area (Å²) in [6, 6.07) is 5.54. The van der Waals surface area contributed by atoms with Gasteiger partial charge < -0.3 is 20.1 Å². The Morgan fingerprint density at radius 2 is 1.95 bits per heavy atom. The summed E-state index contributed by atoms with van der Waals surface area (Å²) in [5.74, 6) is 1.41. The zero-order valence-corrected chi connectivity index (χ0v) is 12.3. The largest absolute Gasteiger partial charge is 0.493 e. The first-order valence-corrected chi connectivity index (χ1v) is 6.79. The average Bonchev–Trinajstić information content (AvgIpc) is 2.43. The van der Waals surface area contributed by atoms with Crippen LogP contribution in [0, 0.1) is 0 Å². The van der Waals surface area contributed by atoms with Gasteiger partial charge in [0.05, 0.1) is 26.2 Å². The number of carbonyl (C=O) groups excluding carboxylic acids is 1. The average molecular weight is 278 g/mol. The summed E-state index contributed by atoms with van der Waals surface area (Å²) in [6.45, 7) is 3.35. The number of carbonyl (C=O) groups is 1. The van der Waals surface area contributed by atoms with Gasteiger partial charge in [0.15, 0.2) is 11.5 Å². The molecule has 1 aromatic carbocycles. The number of likely N-dealkylation sites (tertiary alicyclic amines) is 1. The second kappa shape index (κ2) is 5.71. The van der Waals surface area contributed by atoms with Crippen LogP contribution in [0.1, 0.15) is 18.9 Å². The third-order valence-corrected chi connectivity index (χ3v) is 3.87. The van der Waals surface area contributed by atoms with Crippen LogP contribution in [0.4, 0.5) is 0 Å². The smallest absolute Gasteiger partial charge is 0.227 e. The molecule has 0 aliphatic carbocycles. The summed E-state index contributed by atoms with van der Waals surface area (Å²) >= 11 is 0. The van der Waals surface area contributed by atoms with Crippen LogP contribution < -0.4 is 15.2 Å². The fourth-order valence-electron chi connectivity index (χ4n) is 2.39. The lowest BCUT2D eigenvalue weighted by atomic mass is 9.88. The van der Waals surface area contributed by atoms with Crippen molar-refractivity contribution in [1.82, 2.24) is 4.90 Å². The van der Waals surface area contributed by atoms with Gasteiger partial charge in [-0.2, -0.15) is 0 Å². The number of hydrogen-bond acceptors (Lipinski definition) is 4. The molecule has 0 bridgehead atoms. The summed E-state index contributed by atoms with van der Waals surface area (Å²) in [7, 11) is 3.18. The quantitative estimate of drug-likeness (QED) is 0.879. The summed E-state index contributed by atoms with van der Waals surface area (Å²) in [5.41, 5.74) is 6.80. The van der Waals surface area contributed by atoms with Gasteiger partial charge in [-0.15, -0.1) is 0 Å². The van der Waals surface area contributed by atoms with Crippen LogP contribution in [0.2, 0.25) is 0 Å². The number of hydrogen-bond donors (Lipinski definition) is 1. The molecule has 5 nitrogen and oxygen atoms in total. The first-order valence-electron chi connectivity index (χ1n) is 6.79. The number of nitrogens with zero attached hydrogens (tertiary/aromatic N) is 1. The Labute approximate surface area is 119 Å². The van der Waals surface area contributed by atoms with E-state index >= 15 is 0 Å². The molecule has 0 unspecified atom stereocenters. The van der Waals surface area contributed by atoms with Crippen LogP contribution in [-0.2, 0) is 11.2 Å². The molecule has 110 valence electrons. The summed E-state index contributed by atoms with van der Waals surface area (Å²) in [5, 5.41) is 0. The topological polar surface area (TPSA) is 64.8 Å². The molecule has 20 heavy (non-hydrogen) atoms. The Morgan fingerprint density at radius 1 is 1.30 bits per heavy atom. The predicted octanol–water partition coefficient (Wildman–Crippen LogP) is 1.20. The van der Waals surface area contributed by atoms with E-state index in [9.17, 15) is 4.79 Å². The molecule has 0 atom stereocenters. The number of nitrogens with two attached hydrogens (primary N) is 1. The minimum Gasteiger partial charge on any atom is -0.493 e. The van der Waals surface area contributed by atoms with Crippen LogP contribution in [0.15, 0.2) is 18.2 Å². The van der Waals surface area contributed by atoms with E-state index in [1.54, 1.807) is 19.1 Å². The Morgan fingerprint density at radius 3 is 2.50 bits per heavy atom. The van der Waals surface area contributed by atoms with Crippen molar-refractivity contribution in [3.8, 4) is 11.5 Å². The molecule has 0 aromatic heterocycles. The van der Waals surface area contributed by atoms with Crippen LogP contribution in [0.3, 0.4) is 0 Å². The number of ether oxygens (including phenoxy) is 2. The second-order valence-electron chi connectivity index (χ2n) is 5.33. The highest BCUT2D eigenvalue weighted by molar-refractivity contribution is 5.80. The van der Waals surface area contributed by atoms with Crippen LogP contribution >= 0.6 is 0 Å². The van der Waals surface area contributed by atoms with Crippen molar-refractivity contribution in [1.29, 1.82) is 0 Å². The molecular formula is C15H22N2O3. The van der Waals surface area contributed by atoms with E-state index in [0.717, 1.165) is 12.0 Å². The maximum Gasteiger partial charge on any atom is 0.227 e. The summed E-state index contributed by atoms with van der Waals surface area (Å²) < 4.78 is 10.4. The molecule has 1 fully saturated rings. The van der Waals surface area contributed by atoms with Gasteiger partial charge >= 0.3 is 0 Å². The first kappa shape index (κ1) is 14.7. The van der Waals surface area contributed by atoms with Crippen molar-refractivity contribution in [3.63, 3.8) is 0 Å². The standard InChI is InChI=1S/C15H22N2O3/c1-4-15(16)9-17(10-15)14(18)8-11-5-6-12(19-2)13(7-11)20-3/h5-7H,4,8-10,16H2,1-3H3. The molecule has 1 aromatic rings. The van der Waals surface area contributed by atoms with Gasteiger partial charge in [-0.25, -0.2) is 0 Å². The third kappa shape index (κ3) is 2.88. The maximum absolute atomic E-state index is 12.2. The molecule has 2 rings (SSSR count). The summed E-state index contributed by atoms with van der Waals surface area (Å²) in [4.78, 5) is 14.0. The molecule has 2 N–H and O–H groups in total. The molecule has 0 spiro atoms. The normalized spacial score (nSPS) is 16.5. The van der Waals surface area contributed by atoms with Crippen LogP contribution in [-0.4, -0.2) is 43.7 Å². The third-order valence-electron chi connectivity index (χ3n) is 3.87. The van der Waals surface area contributed by atoms with Crippen molar-refractivity contribution < 1.29 is 14.3 Å². The Bertz CT molecular complexity index is 496. The highest BCUT2D eigenvalue weighted by Crippen LogP contribution is 2.28. The lowest BCUT2D eigenvalue weighted by Gasteiger charge is -2.47. The van der Waals surface area contributed by atoms with Gasteiger partial charge in [-0.05, 0) is 24.1 Å². The molecule has 1 amide bonds. The fraction of sp³-hybridized carbons (Fsp3) is 0.533. The van der Waals surface area contributed by atoms with E-state index in [1.807, 2.05) is 18.2 Å². The number of benzene rings is 1. The second-order valence-corrected chi connectivity index (χ2v) is 5.33. The van der Waals surface area contributed by atoms with Gasteiger partial charge in [-0.3, -0.25) is 4.79 Å². The fourth-order valence-corrected chi connectivity index (χ4v) is 2.39. The Kier molecular flexibility index (Phi) is 4.18. The van der Waals surface area contributed by atoms with Crippen molar-refractivity contribution in [3.05, 3.63) is 23.8 Å². The van der Waals surface area contributed by atoms with Gasteiger partial charge in [0.2, 0.25) is 5.91 Å². The summed E-state index contributed by atoms with van der Waals surface area (Å²) in [6.07, 6.45) is 1.26. The van der Waals surface area contributed by atoms with E-state index in [-0.39, 0.29) is 11.4 Å². The molecule has 1 heterocycles. The minimum absolute atomic E-state index is 0.103. The molecule has 1 saturated heterocycles. The van der Waals surface area contributed by atoms with Crippen molar-refractivity contribution >= 4 is 5.91 Å². The van der Waals surface area contributed by atoms with Crippen molar-refractivity contribution in [2.24, 2.45) is 5.73 Å². The zero-order chi connectivity index (χ0) is 14.8. The van der Waals surface area contributed by atoms with Crippen LogP contribution in [0.5, 0.6) is 11.5 Å². The molecule has 0 saturated carbocycles. The first-order chi connectivity index (χ1) is 9.51. The molecule has 5 heteroatoms. The molecular weight excluding hydrogens is 256 g/mol. The van der Waals surface area contributed by atoms with Gasteiger partial charge in [0.1, 0.15) is 0 Å². The van der Waals surface area contributed by atoms with Crippen molar-refractivity contribution in [2.75, 3.05) is 27.3 Å². The number of methoxy groups -OCH3 is 2. The SMILES string of the molecule is CCC1(N)CN(C(=O)Cc2ccc(OC)c(OC)c2)C1.